The van der Waals surface area contributed by atoms with Crippen molar-refractivity contribution in [2.24, 2.45) is 0 Å². The molecule has 1 aliphatic carbocycles. The number of fused-ring (bicyclic) bond motifs is 5. The number of hydrogen-bond donors (Lipinski definition) is 1. The third-order valence-electron chi connectivity index (χ3n) is 7.86. The van der Waals surface area contributed by atoms with E-state index in [-0.39, 0.29) is 6.04 Å². The van der Waals surface area contributed by atoms with Crippen molar-refractivity contribution in [1.29, 1.82) is 0 Å². The van der Waals surface area contributed by atoms with Gasteiger partial charge in [-0.15, -0.1) is 0 Å². The monoisotopic (exact) mass is 475 g/mol. The Kier molecular flexibility index (Phi) is 6.85. The highest BCUT2D eigenvalue weighted by Crippen LogP contribution is 2.48. The highest BCUT2D eigenvalue weighted by molar-refractivity contribution is 6.02. The van der Waals surface area contributed by atoms with Gasteiger partial charge in [0.05, 0.1) is 22.9 Å². The topological polar surface area (TPSA) is 57.9 Å². The van der Waals surface area contributed by atoms with Gasteiger partial charge < -0.3 is 19.3 Å². The molecule has 186 valence electrons. The number of ether oxygens (including phenoxy) is 1. The second-order valence-electron chi connectivity index (χ2n) is 10.5. The maximum Gasteiger partial charge on any atom is 0.336 e. The van der Waals surface area contributed by atoms with Gasteiger partial charge in [-0.1, -0.05) is 43.5 Å². The Morgan fingerprint density at radius 3 is 2.54 bits per heavy atom. The van der Waals surface area contributed by atoms with E-state index in [9.17, 15) is 9.90 Å². The molecule has 0 radical (unpaired) electrons. The number of rotatable bonds is 6. The van der Waals surface area contributed by atoms with Crippen molar-refractivity contribution in [2.75, 3.05) is 40.8 Å². The van der Waals surface area contributed by atoms with E-state index in [0.29, 0.717) is 23.8 Å². The van der Waals surface area contributed by atoms with Crippen LogP contribution in [0.3, 0.4) is 0 Å². The molecule has 1 saturated carbocycles. The molecule has 0 saturated heterocycles. The van der Waals surface area contributed by atoms with Crippen LogP contribution in [0.4, 0.5) is 0 Å². The molecule has 1 N–H and O–H groups in total. The molecule has 1 fully saturated rings. The highest BCUT2D eigenvalue weighted by atomic mass is 16.5. The third kappa shape index (κ3) is 4.57. The van der Waals surface area contributed by atoms with E-state index in [1.165, 1.54) is 35.7 Å². The number of aromatic nitrogens is 1. The highest BCUT2D eigenvalue weighted by Gasteiger charge is 2.33. The minimum atomic E-state index is -0.905. The van der Waals surface area contributed by atoms with E-state index >= 15 is 0 Å². The molecule has 3 aromatic rings. The standard InChI is InChI=1S/C29H37N3O3/c1-30(2)16-17-31(3)21-18-32-24-14-8-7-12-22(24)26(20-10-5-4-6-11-20)28(32)27-23(29(33)34)13-9-15-25(27)35-19-21/h7-9,12-15,20-21H,4-6,10-11,16-19H2,1-3H3,(H,33,34)/t21-/m1/s1. The van der Waals surface area contributed by atoms with Crippen molar-refractivity contribution in [3.05, 3.63) is 53.6 Å². The van der Waals surface area contributed by atoms with Gasteiger partial charge in [-0.3, -0.25) is 4.90 Å². The molecule has 0 amide bonds. The Hall–Kier alpha value is -2.83. The first-order chi connectivity index (χ1) is 17.0. The lowest BCUT2D eigenvalue weighted by Gasteiger charge is -2.33. The van der Waals surface area contributed by atoms with E-state index in [1.54, 1.807) is 6.07 Å². The average molecular weight is 476 g/mol. The summed E-state index contributed by atoms with van der Waals surface area (Å²) in [6, 6.07) is 14.3. The summed E-state index contributed by atoms with van der Waals surface area (Å²) in [5, 5.41) is 11.5. The normalized spacial score (nSPS) is 18.7. The largest absolute Gasteiger partial charge is 0.491 e. The van der Waals surface area contributed by atoms with Crippen molar-refractivity contribution in [3.8, 4) is 17.0 Å². The van der Waals surface area contributed by atoms with Gasteiger partial charge in [0.25, 0.3) is 0 Å². The lowest BCUT2D eigenvalue weighted by Crippen LogP contribution is -2.43. The molecule has 2 heterocycles. The Labute approximate surface area is 208 Å². The van der Waals surface area contributed by atoms with Crippen LogP contribution in [0.15, 0.2) is 42.5 Å². The summed E-state index contributed by atoms with van der Waals surface area (Å²) in [6.07, 6.45) is 6.04. The maximum atomic E-state index is 12.4. The van der Waals surface area contributed by atoms with E-state index < -0.39 is 5.97 Å². The van der Waals surface area contributed by atoms with E-state index in [0.717, 1.165) is 43.7 Å². The van der Waals surface area contributed by atoms with Crippen molar-refractivity contribution < 1.29 is 14.6 Å². The van der Waals surface area contributed by atoms with Gasteiger partial charge in [0.2, 0.25) is 0 Å². The number of carboxylic acids is 1. The summed E-state index contributed by atoms with van der Waals surface area (Å²) in [7, 11) is 6.36. The number of para-hydroxylation sites is 1. The molecule has 1 aromatic heterocycles. The van der Waals surface area contributed by atoms with Crippen LogP contribution in [0, 0.1) is 0 Å². The fourth-order valence-electron chi connectivity index (χ4n) is 5.92. The van der Waals surface area contributed by atoms with Gasteiger partial charge in [-0.25, -0.2) is 4.79 Å². The molecule has 35 heavy (non-hydrogen) atoms. The molecule has 2 aliphatic rings. The van der Waals surface area contributed by atoms with Gasteiger partial charge in [0, 0.05) is 30.5 Å². The first-order valence-electron chi connectivity index (χ1n) is 12.9. The van der Waals surface area contributed by atoms with Crippen LogP contribution in [0.5, 0.6) is 5.75 Å². The summed E-state index contributed by atoms with van der Waals surface area (Å²) in [6.45, 7) is 3.19. The zero-order chi connectivity index (χ0) is 24.5. The van der Waals surface area contributed by atoms with Crippen LogP contribution in [-0.4, -0.2) is 72.3 Å². The summed E-state index contributed by atoms with van der Waals surface area (Å²) < 4.78 is 8.83. The minimum absolute atomic E-state index is 0.172. The molecule has 1 atom stereocenters. The van der Waals surface area contributed by atoms with Crippen LogP contribution >= 0.6 is 0 Å². The molecule has 6 heteroatoms. The van der Waals surface area contributed by atoms with Gasteiger partial charge in [-0.2, -0.15) is 0 Å². The van der Waals surface area contributed by atoms with Crippen molar-refractivity contribution in [3.63, 3.8) is 0 Å². The predicted octanol–water partition coefficient (Wildman–Crippen LogP) is 5.31. The number of carboxylic acid groups (broad SMARTS) is 1. The predicted molar refractivity (Wildman–Crippen MR) is 141 cm³/mol. The van der Waals surface area contributed by atoms with Crippen molar-refractivity contribution in [2.45, 2.75) is 50.6 Å². The maximum absolute atomic E-state index is 12.4. The second-order valence-corrected chi connectivity index (χ2v) is 10.5. The smallest absolute Gasteiger partial charge is 0.336 e. The zero-order valence-corrected chi connectivity index (χ0v) is 21.2. The third-order valence-corrected chi connectivity index (χ3v) is 7.86. The van der Waals surface area contributed by atoms with E-state index in [4.69, 9.17) is 4.74 Å². The fourth-order valence-corrected chi connectivity index (χ4v) is 5.92. The Morgan fingerprint density at radius 1 is 1.03 bits per heavy atom. The summed E-state index contributed by atoms with van der Waals surface area (Å²) >= 11 is 0. The average Bonchev–Trinajstić information content (AvgIpc) is 3.16. The number of hydrogen-bond acceptors (Lipinski definition) is 4. The van der Waals surface area contributed by atoms with E-state index in [2.05, 4.69) is 59.8 Å². The van der Waals surface area contributed by atoms with Crippen LogP contribution in [0.1, 0.15) is 53.9 Å². The number of nitrogens with zero attached hydrogens (tertiary/aromatic N) is 3. The SMILES string of the molecule is CN(C)CCN(C)[C@H]1COc2cccc(C(=O)O)c2-c2c(C3CCCCC3)c3ccccc3n2C1. The van der Waals surface area contributed by atoms with Crippen LogP contribution in [0.25, 0.3) is 22.2 Å². The minimum Gasteiger partial charge on any atom is -0.491 e. The first kappa shape index (κ1) is 23.9. The summed E-state index contributed by atoms with van der Waals surface area (Å²) in [4.78, 5) is 17.0. The zero-order valence-electron chi connectivity index (χ0n) is 21.2. The molecule has 1 aliphatic heterocycles. The molecular formula is C29H37N3O3. The molecule has 2 aromatic carbocycles. The second kappa shape index (κ2) is 10.0. The van der Waals surface area contributed by atoms with Crippen LogP contribution in [0.2, 0.25) is 0 Å². The Bertz CT molecular complexity index is 1210. The Balaban J connectivity index is 1.74. The summed E-state index contributed by atoms with van der Waals surface area (Å²) in [5.41, 5.74) is 4.63. The van der Waals surface area contributed by atoms with E-state index in [1.807, 2.05) is 12.1 Å². The molecule has 5 rings (SSSR count). The fraction of sp³-hybridized carbons (Fsp3) is 0.483. The van der Waals surface area contributed by atoms with Gasteiger partial charge in [0.15, 0.2) is 0 Å². The molecular weight excluding hydrogens is 438 g/mol. The summed E-state index contributed by atoms with van der Waals surface area (Å²) in [5.74, 6) is 0.206. The molecule has 0 spiro atoms. The Morgan fingerprint density at radius 2 is 1.80 bits per heavy atom. The lowest BCUT2D eigenvalue weighted by molar-refractivity contribution is 0.0696. The van der Waals surface area contributed by atoms with Crippen LogP contribution < -0.4 is 4.74 Å². The quantitative estimate of drug-likeness (QED) is 0.524. The number of likely N-dealkylation sites (N-methyl/N-ethyl adjacent to an activating group) is 2. The molecule has 6 nitrogen and oxygen atoms in total. The van der Waals surface area contributed by atoms with Crippen molar-refractivity contribution in [1.82, 2.24) is 14.4 Å². The molecule has 0 bridgehead atoms. The number of aromatic carboxylic acids is 1. The molecule has 0 unspecified atom stereocenters. The van der Waals surface area contributed by atoms with Crippen molar-refractivity contribution >= 4 is 16.9 Å². The first-order valence-corrected chi connectivity index (χ1v) is 12.9. The van der Waals surface area contributed by atoms with Gasteiger partial charge >= 0.3 is 5.97 Å². The van der Waals surface area contributed by atoms with Gasteiger partial charge in [-0.05, 0) is 63.7 Å². The number of benzene rings is 2. The van der Waals surface area contributed by atoms with Crippen LogP contribution in [-0.2, 0) is 6.54 Å². The van der Waals surface area contributed by atoms with Gasteiger partial charge in [0.1, 0.15) is 12.4 Å². The number of carbonyl (C=O) groups is 1. The lowest BCUT2D eigenvalue weighted by atomic mass is 9.81.